The first kappa shape index (κ1) is 14.0. The maximum Gasteiger partial charge on any atom is 0.187 e. The lowest BCUT2D eigenvalue weighted by Crippen LogP contribution is -2.24. The first-order valence-corrected chi connectivity index (χ1v) is 7.75. The fraction of sp³-hybridized carbons (Fsp3) is 0.667. The second-order valence-corrected chi connectivity index (χ2v) is 5.61. The molecule has 0 aliphatic heterocycles. The average molecular weight is 303 g/mol. The zero-order valence-electron chi connectivity index (χ0n) is 10.2. The van der Waals surface area contributed by atoms with Gasteiger partial charge in [-0.1, -0.05) is 41.5 Å². The molecule has 1 heterocycles. The summed E-state index contributed by atoms with van der Waals surface area (Å²) in [6.07, 6.45) is 4.21. The minimum atomic E-state index is 0.373. The molecule has 0 atom stereocenters. The number of hydrogen-bond donors (Lipinski definition) is 0. The Morgan fingerprint density at radius 3 is 2.56 bits per heavy atom. The van der Waals surface area contributed by atoms with Crippen LogP contribution in [-0.2, 0) is 0 Å². The lowest BCUT2D eigenvalue weighted by molar-refractivity contribution is 0.359. The van der Waals surface area contributed by atoms with Crippen LogP contribution in [0.1, 0.15) is 32.4 Å². The molecule has 0 radical (unpaired) electrons. The molecular formula is C12H19BrN2S. The summed E-state index contributed by atoms with van der Waals surface area (Å²) in [4.78, 5) is 8.70. The summed E-state index contributed by atoms with van der Waals surface area (Å²) >= 11 is 5.39. The fourth-order valence-corrected chi connectivity index (χ4v) is 3.94. The maximum atomic E-state index is 4.42. The number of halogens is 1. The maximum absolute atomic E-state index is 4.42. The van der Waals surface area contributed by atoms with Gasteiger partial charge in [-0.3, -0.25) is 0 Å². The van der Waals surface area contributed by atoms with Gasteiger partial charge < -0.3 is 0 Å². The zero-order chi connectivity index (χ0) is 12.0. The highest BCUT2D eigenvalue weighted by Gasteiger charge is 2.25. The summed E-state index contributed by atoms with van der Waals surface area (Å²) in [5.41, 5.74) is 1.41. The number of alkyl halides is 1. The van der Waals surface area contributed by atoms with E-state index in [9.17, 15) is 0 Å². The molecule has 0 aliphatic carbocycles. The minimum Gasteiger partial charge on any atom is -0.231 e. The topological polar surface area (TPSA) is 25.8 Å². The van der Waals surface area contributed by atoms with Crippen LogP contribution in [0.15, 0.2) is 17.4 Å². The van der Waals surface area contributed by atoms with Gasteiger partial charge in [-0.05, 0) is 31.2 Å². The van der Waals surface area contributed by atoms with Crippen molar-refractivity contribution in [2.75, 3.05) is 11.1 Å². The summed E-state index contributed by atoms with van der Waals surface area (Å²) in [5, 5.41) is 1.94. The second-order valence-electron chi connectivity index (χ2n) is 4.11. The molecule has 0 unspecified atom stereocenters. The Kier molecular flexibility index (Phi) is 5.76. The van der Waals surface area contributed by atoms with E-state index in [0.29, 0.717) is 5.41 Å². The van der Waals surface area contributed by atoms with Crippen LogP contribution in [0.4, 0.5) is 0 Å². The molecule has 1 aromatic rings. The van der Waals surface area contributed by atoms with E-state index >= 15 is 0 Å². The van der Waals surface area contributed by atoms with Gasteiger partial charge >= 0.3 is 0 Å². The van der Waals surface area contributed by atoms with Crippen molar-refractivity contribution in [3.8, 4) is 0 Å². The van der Waals surface area contributed by atoms with Gasteiger partial charge in [0.15, 0.2) is 5.16 Å². The molecular weight excluding hydrogens is 284 g/mol. The lowest BCUT2D eigenvalue weighted by atomic mass is 9.87. The Balaban J connectivity index is 2.62. The van der Waals surface area contributed by atoms with Crippen LogP contribution >= 0.6 is 27.7 Å². The van der Waals surface area contributed by atoms with Crippen molar-refractivity contribution in [3.63, 3.8) is 0 Å². The van der Waals surface area contributed by atoms with Gasteiger partial charge in [-0.2, -0.15) is 0 Å². The number of rotatable bonds is 6. The molecule has 90 valence electrons. The van der Waals surface area contributed by atoms with Gasteiger partial charge in [-0.15, -0.1) is 0 Å². The number of hydrogen-bond acceptors (Lipinski definition) is 3. The molecule has 1 rings (SSSR count). The van der Waals surface area contributed by atoms with E-state index < -0.39 is 0 Å². The second kappa shape index (κ2) is 6.60. The van der Waals surface area contributed by atoms with Crippen molar-refractivity contribution in [1.29, 1.82) is 0 Å². The molecule has 0 aromatic carbocycles. The van der Waals surface area contributed by atoms with Crippen molar-refractivity contribution < 1.29 is 0 Å². The molecule has 0 saturated heterocycles. The molecule has 0 aliphatic rings. The predicted molar refractivity (Wildman–Crippen MR) is 74.3 cm³/mol. The Morgan fingerprint density at radius 2 is 2.06 bits per heavy atom. The standard InChI is InChI=1S/C12H19BrN2S/c1-4-12(5-2,8-13)9-16-11-14-7-6-10(3)15-11/h6-7H,4-5,8-9H2,1-3H3. The summed E-state index contributed by atoms with van der Waals surface area (Å²) < 4.78 is 0. The number of aromatic nitrogens is 2. The monoisotopic (exact) mass is 302 g/mol. The normalized spacial score (nSPS) is 11.8. The molecule has 2 nitrogen and oxygen atoms in total. The highest BCUT2D eigenvalue weighted by Crippen LogP contribution is 2.34. The SMILES string of the molecule is CCC(CC)(CBr)CSc1nccc(C)n1. The van der Waals surface area contributed by atoms with Gasteiger partial charge in [0, 0.05) is 23.0 Å². The molecule has 0 amide bonds. The molecule has 0 spiro atoms. The molecule has 4 heteroatoms. The van der Waals surface area contributed by atoms with Gasteiger partial charge in [0.25, 0.3) is 0 Å². The van der Waals surface area contributed by atoms with Crippen molar-refractivity contribution in [2.24, 2.45) is 5.41 Å². The smallest absolute Gasteiger partial charge is 0.187 e. The Labute approximate surface area is 111 Å². The van der Waals surface area contributed by atoms with Crippen LogP contribution in [0.25, 0.3) is 0 Å². The van der Waals surface area contributed by atoms with E-state index in [1.54, 1.807) is 11.8 Å². The molecule has 0 saturated carbocycles. The molecule has 0 bridgehead atoms. The van der Waals surface area contributed by atoms with Crippen LogP contribution in [-0.4, -0.2) is 21.1 Å². The first-order valence-electron chi connectivity index (χ1n) is 5.64. The molecule has 0 N–H and O–H groups in total. The number of nitrogens with zero attached hydrogens (tertiary/aromatic N) is 2. The lowest BCUT2D eigenvalue weighted by Gasteiger charge is -2.28. The molecule has 1 aromatic heterocycles. The molecule has 16 heavy (non-hydrogen) atoms. The van der Waals surface area contributed by atoms with Crippen LogP contribution in [0.2, 0.25) is 0 Å². The minimum absolute atomic E-state index is 0.373. The highest BCUT2D eigenvalue weighted by atomic mass is 79.9. The number of aryl methyl sites for hydroxylation is 1. The van der Waals surface area contributed by atoms with Crippen LogP contribution < -0.4 is 0 Å². The van der Waals surface area contributed by atoms with E-state index in [1.807, 2.05) is 19.2 Å². The van der Waals surface area contributed by atoms with Crippen LogP contribution in [0.3, 0.4) is 0 Å². The summed E-state index contributed by atoms with van der Waals surface area (Å²) in [6, 6.07) is 1.93. The van der Waals surface area contributed by atoms with Gasteiger partial charge in [0.05, 0.1) is 0 Å². The quantitative estimate of drug-likeness (QED) is 0.450. The van der Waals surface area contributed by atoms with Gasteiger partial charge in [0.2, 0.25) is 0 Å². The van der Waals surface area contributed by atoms with Crippen molar-refractivity contribution in [2.45, 2.75) is 38.8 Å². The van der Waals surface area contributed by atoms with E-state index in [4.69, 9.17) is 0 Å². The fourth-order valence-electron chi connectivity index (χ4n) is 1.39. The average Bonchev–Trinajstić information content (AvgIpc) is 2.32. The third-order valence-electron chi connectivity index (χ3n) is 3.06. The van der Waals surface area contributed by atoms with E-state index in [1.165, 1.54) is 12.8 Å². The predicted octanol–water partition coefficient (Wildman–Crippen LogP) is 4.08. The Bertz CT molecular complexity index is 318. The summed E-state index contributed by atoms with van der Waals surface area (Å²) in [7, 11) is 0. The van der Waals surface area contributed by atoms with Crippen molar-refractivity contribution in [3.05, 3.63) is 18.0 Å². The Hall–Kier alpha value is -0.0900. The van der Waals surface area contributed by atoms with E-state index in [2.05, 4.69) is 39.7 Å². The summed E-state index contributed by atoms with van der Waals surface area (Å²) in [5.74, 6) is 1.08. The van der Waals surface area contributed by atoms with E-state index in [0.717, 1.165) is 21.9 Å². The van der Waals surface area contributed by atoms with Crippen molar-refractivity contribution >= 4 is 27.7 Å². The van der Waals surface area contributed by atoms with Crippen molar-refractivity contribution in [1.82, 2.24) is 9.97 Å². The Morgan fingerprint density at radius 1 is 1.38 bits per heavy atom. The largest absolute Gasteiger partial charge is 0.231 e. The number of thioether (sulfide) groups is 1. The zero-order valence-corrected chi connectivity index (χ0v) is 12.6. The first-order chi connectivity index (χ1) is 7.65. The molecule has 0 fully saturated rings. The van der Waals surface area contributed by atoms with Gasteiger partial charge in [0.1, 0.15) is 0 Å². The van der Waals surface area contributed by atoms with Gasteiger partial charge in [-0.25, -0.2) is 9.97 Å². The van der Waals surface area contributed by atoms with Crippen LogP contribution in [0.5, 0.6) is 0 Å². The third kappa shape index (κ3) is 3.74. The third-order valence-corrected chi connectivity index (χ3v) is 5.46. The van der Waals surface area contributed by atoms with E-state index in [-0.39, 0.29) is 0 Å². The summed E-state index contributed by atoms with van der Waals surface area (Å²) in [6.45, 7) is 6.51. The van der Waals surface area contributed by atoms with Crippen LogP contribution in [0, 0.1) is 12.3 Å². The highest BCUT2D eigenvalue weighted by molar-refractivity contribution is 9.09.